The number of rotatable bonds is 6. The molecule has 3 aromatic carbocycles. The lowest BCUT2D eigenvalue weighted by molar-refractivity contribution is -0.116. The molecule has 3 rings (SSSR count). The molecule has 0 radical (unpaired) electrons. The Kier molecular flexibility index (Phi) is 6.52. The van der Waals surface area contributed by atoms with Crippen molar-refractivity contribution in [2.24, 2.45) is 0 Å². The summed E-state index contributed by atoms with van der Waals surface area (Å²) in [6, 6.07) is 22.2. The first-order chi connectivity index (χ1) is 14.0. The lowest BCUT2D eigenvalue weighted by atomic mass is 10.0. The minimum absolute atomic E-state index is 0.102. The summed E-state index contributed by atoms with van der Waals surface area (Å²) in [7, 11) is 3.09. The molecule has 1 N–H and O–H groups in total. The Morgan fingerprint density at radius 3 is 2.28 bits per heavy atom. The number of nitrogens with zero attached hydrogens (tertiary/aromatic N) is 1. The zero-order chi connectivity index (χ0) is 20.8. The highest BCUT2D eigenvalue weighted by Gasteiger charge is 2.16. The van der Waals surface area contributed by atoms with Gasteiger partial charge < -0.3 is 15.0 Å². The van der Waals surface area contributed by atoms with Gasteiger partial charge in [0.1, 0.15) is 5.75 Å². The number of hydrogen-bond acceptors (Lipinski definition) is 3. The number of benzene rings is 3. The van der Waals surface area contributed by atoms with Gasteiger partial charge in [0.2, 0.25) is 5.91 Å². The summed E-state index contributed by atoms with van der Waals surface area (Å²) >= 11 is 5.98. The Bertz CT molecular complexity index is 1000. The Hall–Kier alpha value is -3.31. The van der Waals surface area contributed by atoms with Crippen LogP contribution in [0.3, 0.4) is 0 Å². The van der Waals surface area contributed by atoms with Crippen LogP contribution in [0.5, 0.6) is 5.75 Å². The van der Waals surface area contributed by atoms with Gasteiger partial charge in [0.05, 0.1) is 19.3 Å². The van der Waals surface area contributed by atoms with Crippen LogP contribution >= 0.6 is 11.6 Å². The van der Waals surface area contributed by atoms with Crippen LogP contribution in [0.4, 0.5) is 5.69 Å². The number of ether oxygens (including phenoxy) is 1. The van der Waals surface area contributed by atoms with Crippen LogP contribution in [0, 0.1) is 0 Å². The number of hydrogen-bond donors (Lipinski definition) is 1. The maximum atomic E-state index is 12.7. The number of carbonyl (C=O) groups excluding carboxylic acids is 2. The van der Waals surface area contributed by atoms with Gasteiger partial charge in [0.15, 0.2) is 0 Å². The molecule has 0 heterocycles. The fraction of sp³-hybridized carbons (Fsp3) is 0.130. The summed E-state index contributed by atoms with van der Waals surface area (Å²) in [4.78, 5) is 26.4. The molecule has 0 aliphatic carbocycles. The molecule has 0 fully saturated rings. The average molecular weight is 409 g/mol. The van der Waals surface area contributed by atoms with Gasteiger partial charge in [0, 0.05) is 17.6 Å². The Morgan fingerprint density at radius 2 is 1.62 bits per heavy atom. The number of amides is 2. The second-order valence-corrected chi connectivity index (χ2v) is 6.93. The standard InChI is InChI=1S/C23H21ClN2O3/c1-26(15-22(27)25-20-14-19(24)12-13-21(20)29-2)23(28)18-10-8-17(9-11-18)16-6-4-3-5-7-16/h3-14H,15H2,1-2H3,(H,25,27). The third kappa shape index (κ3) is 5.15. The molecule has 0 unspecified atom stereocenters. The lowest BCUT2D eigenvalue weighted by Gasteiger charge is -2.18. The molecule has 6 heteroatoms. The Balaban J connectivity index is 1.64. The quantitative estimate of drug-likeness (QED) is 0.641. The van der Waals surface area contributed by atoms with E-state index in [1.54, 1.807) is 37.4 Å². The first-order valence-corrected chi connectivity index (χ1v) is 9.40. The number of anilines is 1. The minimum atomic E-state index is -0.345. The van der Waals surface area contributed by atoms with E-state index in [1.807, 2.05) is 42.5 Å². The Morgan fingerprint density at radius 1 is 0.966 bits per heavy atom. The molecule has 2 amide bonds. The van der Waals surface area contributed by atoms with Crippen molar-refractivity contribution in [3.63, 3.8) is 0 Å². The van der Waals surface area contributed by atoms with Crippen molar-refractivity contribution in [1.29, 1.82) is 0 Å². The van der Waals surface area contributed by atoms with Gasteiger partial charge in [-0.25, -0.2) is 0 Å². The van der Waals surface area contributed by atoms with Crippen LogP contribution in [0.15, 0.2) is 72.8 Å². The van der Waals surface area contributed by atoms with Crippen LogP contribution < -0.4 is 10.1 Å². The van der Waals surface area contributed by atoms with E-state index < -0.39 is 0 Å². The highest BCUT2D eigenvalue weighted by molar-refractivity contribution is 6.31. The van der Waals surface area contributed by atoms with E-state index in [2.05, 4.69) is 5.32 Å². The molecule has 0 aliphatic heterocycles. The molecule has 0 aliphatic rings. The van der Waals surface area contributed by atoms with Crippen molar-refractivity contribution < 1.29 is 14.3 Å². The first kappa shape index (κ1) is 20.4. The summed E-state index contributed by atoms with van der Waals surface area (Å²) < 4.78 is 5.22. The van der Waals surface area contributed by atoms with Gasteiger partial charge in [-0.3, -0.25) is 9.59 Å². The summed E-state index contributed by atoms with van der Waals surface area (Å²) in [6.45, 7) is -0.102. The minimum Gasteiger partial charge on any atom is -0.495 e. The predicted octanol–water partition coefficient (Wildman–Crippen LogP) is 4.73. The molecular formula is C23H21ClN2O3. The summed E-state index contributed by atoms with van der Waals surface area (Å²) in [5.74, 6) is -0.0895. The number of nitrogens with one attached hydrogen (secondary N) is 1. The molecule has 0 bridgehead atoms. The van der Waals surface area contributed by atoms with E-state index in [9.17, 15) is 9.59 Å². The summed E-state index contributed by atoms with van der Waals surface area (Å²) in [5.41, 5.74) is 3.07. The van der Waals surface area contributed by atoms with Crippen LogP contribution in [0.1, 0.15) is 10.4 Å². The lowest BCUT2D eigenvalue weighted by Crippen LogP contribution is -2.35. The van der Waals surface area contributed by atoms with Crippen molar-refractivity contribution in [2.75, 3.05) is 26.0 Å². The van der Waals surface area contributed by atoms with E-state index in [1.165, 1.54) is 12.0 Å². The molecule has 0 spiro atoms. The molecule has 5 nitrogen and oxygen atoms in total. The number of halogens is 1. The number of likely N-dealkylation sites (N-methyl/N-ethyl adjacent to an activating group) is 1. The third-order valence-corrected chi connectivity index (χ3v) is 4.64. The van der Waals surface area contributed by atoms with E-state index in [0.717, 1.165) is 11.1 Å². The molecular weight excluding hydrogens is 388 g/mol. The largest absolute Gasteiger partial charge is 0.495 e. The van der Waals surface area contributed by atoms with Crippen LogP contribution in [-0.2, 0) is 4.79 Å². The van der Waals surface area contributed by atoms with Crippen molar-refractivity contribution in [3.8, 4) is 16.9 Å². The average Bonchev–Trinajstić information content (AvgIpc) is 2.74. The van der Waals surface area contributed by atoms with E-state index in [4.69, 9.17) is 16.3 Å². The van der Waals surface area contributed by atoms with Crippen LogP contribution in [0.25, 0.3) is 11.1 Å². The first-order valence-electron chi connectivity index (χ1n) is 9.02. The molecule has 148 valence electrons. The zero-order valence-electron chi connectivity index (χ0n) is 16.2. The SMILES string of the molecule is COc1ccc(Cl)cc1NC(=O)CN(C)C(=O)c1ccc(-c2ccccc2)cc1. The van der Waals surface area contributed by atoms with Crippen molar-refractivity contribution in [3.05, 3.63) is 83.4 Å². The second kappa shape index (κ2) is 9.26. The van der Waals surface area contributed by atoms with Crippen molar-refractivity contribution >= 4 is 29.1 Å². The molecule has 29 heavy (non-hydrogen) atoms. The molecule has 0 saturated carbocycles. The molecule has 3 aromatic rings. The van der Waals surface area contributed by atoms with Gasteiger partial charge in [0.25, 0.3) is 5.91 Å². The van der Waals surface area contributed by atoms with Crippen LogP contribution in [-0.4, -0.2) is 37.4 Å². The van der Waals surface area contributed by atoms with E-state index in [0.29, 0.717) is 22.0 Å². The topological polar surface area (TPSA) is 58.6 Å². The molecule has 0 aromatic heterocycles. The maximum absolute atomic E-state index is 12.7. The van der Waals surface area contributed by atoms with Gasteiger partial charge in [-0.2, -0.15) is 0 Å². The van der Waals surface area contributed by atoms with Gasteiger partial charge >= 0.3 is 0 Å². The zero-order valence-corrected chi connectivity index (χ0v) is 16.9. The van der Waals surface area contributed by atoms with Gasteiger partial charge in [-0.1, -0.05) is 54.1 Å². The van der Waals surface area contributed by atoms with Gasteiger partial charge in [-0.15, -0.1) is 0 Å². The third-order valence-electron chi connectivity index (χ3n) is 4.40. The Labute approximate surface area is 174 Å². The molecule has 0 saturated heterocycles. The van der Waals surface area contributed by atoms with Crippen molar-refractivity contribution in [2.45, 2.75) is 0 Å². The van der Waals surface area contributed by atoms with E-state index in [-0.39, 0.29) is 18.4 Å². The predicted molar refractivity (Wildman–Crippen MR) is 115 cm³/mol. The highest BCUT2D eigenvalue weighted by Crippen LogP contribution is 2.27. The highest BCUT2D eigenvalue weighted by atomic mass is 35.5. The smallest absolute Gasteiger partial charge is 0.254 e. The normalized spacial score (nSPS) is 10.3. The fourth-order valence-electron chi connectivity index (χ4n) is 2.91. The van der Waals surface area contributed by atoms with Gasteiger partial charge in [-0.05, 0) is 41.5 Å². The fourth-order valence-corrected chi connectivity index (χ4v) is 3.08. The second-order valence-electron chi connectivity index (χ2n) is 6.50. The maximum Gasteiger partial charge on any atom is 0.254 e. The van der Waals surface area contributed by atoms with Crippen molar-refractivity contribution in [1.82, 2.24) is 4.90 Å². The monoisotopic (exact) mass is 408 g/mol. The summed E-state index contributed by atoms with van der Waals surface area (Å²) in [6.07, 6.45) is 0. The van der Waals surface area contributed by atoms with E-state index >= 15 is 0 Å². The number of methoxy groups -OCH3 is 1. The molecule has 0 atom stereocenters. The number of carbonyl (C=O) groups is 2. The summed E-state index contributed by atoms with van der Waals surface area (Å²) in [5, 5.41) is 3.20. The van der Waals surface area contributed by atoms with Crippen LogP contribution in [0.2, 0.25) is 5.02 Å².